The van der Waals surface area contributed by atoms with E-state index < -0.39 is 0 Å². The predicted octanol–water partition coefficient (Wildman–Crippen LogP) is 4.94. The number of ether oxygens (including phenoxy) is 1. The van der Waals surface area contributed by atoms with Crippen LogP contribution in [-0.4, -0.2) is 11.0 Å². The predicted molar refractivity (Wildman–Crippen MR) is 107 cm³/mol. The molecule has 0 radical (unpaired) electrons. The Balaban J connectivity index is 1.53. The molecule has 0 aliphatic carbocycles. The third-order valence-electron chi connectivity index (χ3n) is 3.98. The normalized spacial score (nSPS) is 10.3. The van der Waals surface area contributed by atoms with E-state index in [2.05, 4.69) is 15.6 Å². The van der Waals surface area contributed by atoms with Crippen LogP contribution in [0.3, 0.4) is 0 Å². The molecule has 0 saturated heterocycles. The monoisotopic (exact) mass is 381 g/mol. The molecule has 0 bridgehead atoms. The molecule has 0 spiro atoms. The molecule has 1 heterocycles. The maximum atomic E-state index is 12.1. The van der Waals surface area contributed by atoms with Crippen LogP contribution in [0.1, 0.15) is 16.8 Å². The molecule has 6 heteroatoms. The number of urea groups is 1. The van der Waals surface area contributed by atoms with Crippen molar-refractivity contribution in [1.29, 1.82) is 0 Å². The SMILES string of the molecule is Cc1c(Cl)cccc1NC(=O)NCc1cccc(OCc2ccccn2)c1. The van der Waals surface area contributed by atoms with Crippen LogP contribution < -0.4 is 15.4 Å². The number of hydrogen-bond acceptors (Lipinski definition) is 3. The van der Waals surface area contributed by atoms with E-state index in [4.69, 9.17) is 16.3 Å². The van der Waals surface area contributed by atoms with Crippen LogP contribution in [-0.2, 0) is 13.2 Å². The van der Waals surface area contributed by atoms with Gasteiger partial charge in [0.05, 0.1) is 5.69 Å². The van der Waals surface area contributed by atoms with Gasteiger partial charge in [0, 0.05) is 23.5 Å². The molecule has 138 valence electrons. The quantitative estimate of drug-likeness (QED) is 0.635. The number of hydrogen-bond donors (Lipinski definition) is 2. The molecule has 0 saturated carbocycles. The standard InChI is InChI=1S/C21H20ClN3O2/c1-15-19(22)9-5-10-20(15)25-21(26)24-13-16-6-4-8-18(12-16)27-14-17-7-2-3-11-23-17/h2-12H,13-14H2,1H3,(H2,24,25,26). The summed E-state index contributed by atoms with van der Waals surface area (Å²) < 4.78 is 5.76. The highest BCUT2D eigenvalue weighted by atomic mass is 35.5. The van der Waals surface area contributed by atoms with Crippen LogP contribution >= 0.6 is 11.6 Å². The highest BCUT2D eigenvalue weighted by molar-refractivity contribution is 6.31. The van der Waals surface area contributed by atoms with E-state index in [9.17, 15) is 4.79 Å². The van der Waals surface area contributed by atoms with Gasteiger partial charge in [-0.3, -0.25) is 4.98 Å². The number of rotatable bonds is 6. The van der Waals surface area contributed by atoms with Crippen molar-refractivity contribution in [1.82, 2.24) is 10.3 Å². The van der Waals surface area contributed by atoms with Gasteiger partial charge in [0.1, 0.15) is 12.4 Å². The van der Waals surface area contributed by atoms with Crippen LogP contribution in [0.4, 0.5) is 10.5 Å². The first kappa shape index (κ1) is 18.7. The number of halogens is 1. The van der Waals surface area contributed by atoms with Crippen molar-refractivity contribution in [3.63, 3.8) is 0 Å². The summed E-state index contributed by atoms with van der Waals surface area (Å²) in [5, 5.41) is 6.26. The number of nitrogens with one attached hydrogen (secondary N) is 2. The third-order valence-corrected chi connectivity index (χ3v) is 4.39. The average molecular weight is 382 g/mol. The zero-order valence-electron chi connectivity index (χ0n) is 14.9. The number of pyridine rings is 1. The molecule has 2 aromatic carbocycles. The first-order chi connectivity index (χ1) is 13.1. The number of carbonyl (C=O) groups is 1. The molecule has 1 aromatic heterocycles. The second-order valence-electron chi connectivity index (χ2n) is 5.98. The second kappa shape index (κ2) is 9.05. The molecular weight excluding hydrogens is 362 g/mol. The number of aromatic nitrogens is 1. The van der Waals surface area contributed by atoms with E-state index in [1.165, 1.54) is 0 Å². The summed E-state index contributed by atoms with van der Waals surface area (Å²) in [6, 6.07) is 18.4. The Bertz CT molecular complexity index is 916. The minimum atomic E-state index is -0.292. The Labute approximate surface area is 163 Å². The summed E-state index contributed by atoms with van der Waals surface area (Å²) in [6.45, 7) is 2.64. The fraction of sp³-hybridized carbons (Fsp3) is 0.143. The van der Waals surface area contributed by atoms with Crippen molar-refractivity contribution < 1.29 is 9.53 Å². The molecule has 3 rings (SSSR count). The lowest BCUT2D eigenvalue weighted by molar-refractivity contribution is 0.251. The van der Waals surface area contributed by atoms with Gasteiger partial charge in [0.15, 0.2) is 0 Å². The largest absolute Gasteiger partial charge is 0.487 e. The van der Waals surface area contributed by atoms with Gasteiger partial charge in [0.2, 0.25) is 0 Å². The summed E-state index contributed by atoms with van der Waals surface area (Å²) >= 11 is 6.07. The van der Waals surface area contributed by atoms with Crippen molar-refractivity contribution in [2.45, 2.75) is 20.1 Å². The summed E-state index contributed by atoms with van der Waals surface area (Å²) in [5.74, 6) is 0.728. The van der Waals surface area contributed by atoms with Gasteiger partial charge in [-0.25, -0.2) is 4.79 Å². The van der Waals surface area contributed by atoms with Crippen molar-refractivity contribution in [2.75, 3.05) is 5.32 Å². The molecule has 0 aliphatic heterocycles. The van der Waals surface area contributed by atoms with E-state index >= 15 is 0 Å². The fourth-order valence-electron chi connectivity index (χ4n) is 2.48. The van der Waals surface area contributed by atoms with E-state index in [1.54, 1.807) is 18.3 Å². The summed E-state index contributed by atoms with van der Waals surface area (Å²) in [6.07, 6.45) is 1.74. The lowest BCUT2D eigenvalue weighted by Gasteiger charge is -2.11. The average Bonchev–Trinajstić information content (AvgIpc) is 2.69. The summed E-state index contributed by atoms with van der Waals surface area (Å²) in [7, 11) is 0. The number of amides is 2. The van der Waals surface area contributed by atoms with Gasteiger partial charge >= 0.3 is 6.03 Å². The maximum absolute atomic E-state index is 12.1. The van der Waals surface area contributed by atoms with E-state index in [-0.39, 0.29) is 6.03 Å². The summed E-state index contributed by atoms with van der Waals surface area (Å²) in [5.41, 5.74) is 3.32. The molecule has 2 N–H and O–H groups in total. The van der Waals surface area contributed by atoms with Gasteiger partial charge in [-0.1, -0.05) is 35.9 Å². The highest BCUT2D eigenvalue weighted by Crippen LogP contribution is 2.22. The molecule has 0 aliphatic rings. The van der Waals surface area contributed by atoms with Gasteiger partial charge in [-0.05, 0) is 54.4 Å². The Morgan fingerprint density at radius 3 is 2.78 bits per heavy atom. The number of benzene rings is 2. The van der Waals surface area contributed by atoms with Crippen LogP contribution in [0.25, 0.3) is 0 Å². The van der Waals surface area contributed by atoms with Crippen molar-refractivity contribution in [3.8, 4) is 5.75 Å². The Morgan fingerprint density at radius 2 is 1.96 bits per heavy atom. The van der Waals surface area contributed by atoms with Crippen molar-refractivity contribution in [2.24, 2.45) is 0 Å². The minimum absolute atomic E-state index is 0.292. The molecule has 2 amide bonds. The number of anilines is 1. The summed E-state index contributed by atoms with van der Waals surface area (Å²) in [4.78, 5) is 16.4. The molecule has 5 nitrogen and oxygen atoms in total. The maximum Gasteiger partial charge on any atom is 0.319 e. The molecule has 0 atom stereocenters. The van der Waals surface area contributed by atoms with Crippen LogP contribution in [0.5, 0.6) is 5.75 Å². The lowest BCUT2D eigenvalue weighted by atomic mass is 10.2. The minimum Gasteiger partial charge on any atom is -0.487 e. The van der Waals surface area contributed by atoms with Gasteiger partial charge in [0.25, 0.3) is 0 Å². The van der Waals surface area contributed by atoms with Gasteiger partial charge in [-0.15, -0.1) is 0 Å². The van der Waals surface area contributed by atoms with Crippen LogP contribution in [0.2, 0.25) is 5.02 Å². The Morgan fingerprint density at radius 1 is 1.11 bits per heavy atom. The molecule has 27 heavy (non-hydrogen) atoms. The molecule has 0 unspecified atom stereocenters. The topological polar surface area (TPSA) is 63.2 Å². The van der Waals surface area contributed by atoms with Gasteiger partial charge < -0.3 is 15.4 Å². The van der Waals surface area contributed by atoms with E-state index in [0.29, 0.717) is 23.9 Å². The van der Waals surface area contributed by atoms with E-state index in [0.717, 1.165) is 22.6 Å². The zero-order valence-corrected chi connectivity index (χ0v) is 15.7. The smallest absolute Gasteiger partial charge is 0.319 e. The van der Waals surface area contributed by atoms with Gasteiger partial charge in [-0.2, -0.15) is 0 Å². The highest BCUT2D eigenvalue weighted by Gasteiger charge is 2.07. The second-order valence-corrected chi connectivity index (χ2v) is 6.38. The van der Waals surface area contributed by atoms with Crippen LogP contribution in [0.15, 0.2) is 66.9 Å². The van der Waals surface area contributed by atoms with E-state index in [1.807, 2.05) is 55.5 Å². The number of carbonyl (C=O) groups excluding carboxylic acids is 1. The molecular formula is C21H20ClN3O2. The third kappa shape index (κ3) is 5.46. The first-order valence-electron chi connectivity index (χ1n) is 8.53. The first-order valence-corrected chi connectivity index (χ1v) is 8.91. The Hall–Kier alpha value is -3.05. The van der Waals surface area contributed by atoms with Crippen molar-refractivity contribution in [3.05, 3.63) is 88.7 Å². The molecule has 3 aromatic rings. The van der Waals surface area contributed by atoms with Crippen molar-refractivity contribution >= 4 is 23.3 Å². The number of nitrogens with zero attached hydrogens (tertiary/aromatic N) is 1. The zero-order chi connectivity index (χ0) is 19.1. The Kier molecular flexibility index (Phi) is 6.28. The van der Waals surface area contributed by atoms with Crippen LogP contribution in [0, 0.1) is 6.92 Å². The molecule has 0 fully saturated rings. The lowest BCUT2D eigenvalue weighted by Crippen LogP contribution is -2.28. The fourth-order valence-corrected chi connectivity index (χ4v) is 2.65.